The summed E-state index contributed by atoms with van der Waals surface area (Å²) < 4.78 is 0. The Balaban J connectivity index is 1.78. The maximum absolute atomic E-state index is 11.8. The summed E-state index contributed by atoms with van der Waals surface area (Å²) in [5.74, 6) is -0.0167. The van der Waals surface area contributed by atoms with Gasteiger partial charge in [-0.3, -0.25) is 4.79 Å². The number of thiophene rings is 1. The van der Waals surface area contributed by atoms with Gasteiger partial charge in [0.05, 0.1) is 12.6 Å². The Bertz CT molecular complexity index is 392. The van der Waals surface area contributed by atoms with E-state index in [0.717, 1.165) is 19.3 Å². The van der Waals surface area contributed by atoms with Crippen molar-refractivity contribution >= 4 is 17.2 Å². The summed E-state index contributed by atoms with van der Waals surface area (Å²) in [6, 6.07) is 1.89. The average molecular weight is 266 g/mol. The smallest absolute Gasteiger partial charge is 0.237 e. The third kappa shape index (κ3) is 3.33. The third-order valence-corrected chi connectivity index (χ3v) is 4.68. The number of unbranched alkanes of at least 4 members (excludes halogenated alkanes) is 1. The summed E-state index contributed by atoms with van der Waals surface area (Å²) >= 11 is 1.84. The van der Waals surface area contributed by atoms with Gasteiger partial charge in [-0.15, -0.1) is 11.3 Å². The number of hydrogen-bond acceptors (Lipinski definition) is 3. The van der Waals surface area contributed by atoms with Crippen LogP contribution in [0.5, 0.6) is 0 Å². The van der Waals surface area contributed by atoms with Gasteiger partial charge in [-0.2, -0.15) is 0 Å². The second-order valence-electron chi connectivity index (χ2n) is 4.98. The van der Waals surface area contributed by atoms with E-state index in [1.807, 2.05) is 11.3 Å². The second-order valence-corrected chi connectivity index (χ2v) is 6.20. The number of amides is 1. The molecule has 1 unspecified atom stereocenters. The quantitative estimate of drug-likeness (QED) is 0.830. The summed E-state index contributed by atoms with van der Waals surface area (Å²) in [7, 11) is 0. The number of nitrogens with two attached hydrogens (primary N) is 1. The lowest BCUT2D eigenvalue weighted by Gasteiger charge is -2.10. The van der Waals surface area contributed by atoms with Gasteiger partial charge >= 0.3 is 0 Å². The zero-order chi connectivity index (χ0) is 13.0. The number of carbonyl (C=O) groups is 1. The first-order valence-electron chi connectivity index (χ1n) is 6.84. The molecule has 0 spiro atoms. The van der Waals surface area contributed by atoms with Gasteiger partial charge in [-0.1, -0.05) is 19.8 Å². The summed E-state index contributed by atoms with van der Waals surface area (Å²) in [6.45, 7) is 2.74. The number of nitrogens with one attached hydrogen (secondary N) is 1. The maximum atomic E-state index is 11.8. The van der Waals surface area contributed by atoms with Gasteiger partial charge in [-0.05, 0) is 37.3 Å². The molecule has 1 amide bonds. The Morgan fingerprint density at radius 3 is 3.11 bits per heavy atom. The van der Waals surface area contributed by atoms with Crippen molar-refractivity contribution in [3.63, 3.8) is 0 Å². The van der Waals surface area contributed by atoms with Crippen LogP contribution in [0, 0.1) is 0 Å². The molecular formula is C14H22N2OS. The van der Waals surface area contributed by atoms with E-state index in [1.54, 1.807) is 0 Å². The number of hydrogen-bond donors (Lipinski definition) is 2. The predicted octanol–water partition coefficient (Wildman–Crippen LogP) is 2.37. The van der Waals surface area contributed by atoms with E-state index in [1.165, 1.54) is 34.6 Å². The van der Waals surface area contributed by atoms with Crippen molar-refractivity contribution in [2.75, 3.05) is 0 Å². The average Bonchev–Trinajstić information content (AvgIpc) is 2.93. The van der Waals surface area contributed by atoms with Crippen molar-refractivity contribution in [1.82, 2.24) is 5.32 Å². The highest BCUT2D eigenvalue weighted by atomic mass is 32.1. The summed E-state index contributed by atoms with van der Waals surface area (Å²) in [4.78, 5) is 14.5. The first kappa shape index (κ1) is 13.6. The van der Waals surface area contributed by atoms with E-state index in [0.29, 0.717) is 6.54 Å². The van der Waals surface area contributed by atoms with Crippen molar-refractivity contribution in [3.8, 4) is 0 Å². The summed E-state index contributed by atoms with van der Waals surface area (Å²) in [5.41, 5.74) is 7.32. The van der Waals surface area contributed by atoms with Crippen LogP contribution in [0.2, 0.25) is 0 Å². The van der Waals surface area contributed by atoms with Gasteiger partial charge < -0.3 is 11.1 Å². The molecule has 0 saturated carbocycles. The van der Waals surface area contributed by atoms with E-state index >= 15 is 0 Å². The van der Waals surface area contributed by atoms with Crippen LogP contribution in [-0.2, 0) is 24.2 Å². The molecule has 0 radical (unpaired) electrons. The number of carbonyl (C=O) groups excluding carboxylic acids is 1. The molecule has 2 rings (SSSR count). The molecule has 0 fully saturated rings. The lowest BCUT2D eigenvalue weighted by Crippen LogP contribution is -2.40. The molecule has 4 heteroatoms. The van der Waals surface area contributed by atoms with Gasteiger partial charge in [-0.25, -0.2) is 0 Å². The van der Waals surface area contributed by atoms with Crippen LogP contribution < -0.4 is 11.1 Å². The van der Waals surface area contributed by atoms with Gasteiger partial charge in [0.1, 0.15) is 0 Å². The molecule has 1 aliphatic carbocycles. The Kier molecular flexibility index (Phi) is 4.78. The van der Waals surface area contributed by atoms with Crippen LogP contribution in [0.1, 0.15) is 47.9 Å². The fourth-order valence-corrected chi connectivity index (χ4v) is 3.54. The van der Waals surface area contributed by atoms with Crippen molar-refractivity contribution in [1.29, 1.82) is 0 Å². The van der Waals surface area contributed by atoms with E-state index < -0.39 is 0 Å². The normalized spacial score (nSPS) is 15.4. The van der Waals surface area contributed by atoms with Crippen LogP contribution >= 0.6 is 11.3 Å². The molecule has 0 saturated heterocycles. The SMILES string of the molecule is CCCCC(N)C(=O)NCc1cc2c(s1)CCC2. The van der Waals surface area contributed by atoms with Crippen LogP contribution in [-0.4, -0.2) is 11.9 Å². The standard InChI is InChI=1S/C14H22N2OS/c1-2-3-6-12(15)14(17)16-9-11-8-10-5-4-7-13(10)18-11/h8,12H,2-7,9,15H2,1H3,(H,16,17). The molecule has 1 aliphatic rings. The Hall–Kier alpha value is -0.870. The van der Waals surface area contributed by atoms with Crippen molar-refractivity contribution < 1.29 is 4.79 Å². The summed E-state index contributed by atoms with van der Waals surface area (Å²) in [5, 5.41) is 2.94. The Labute approximate surface area is 113 Å². The zero-order valence-corrected chi connectivity index (χ0v) is 11.8. The highest BCUT2D eigenvalue weighted by Gasteiger charge is 2.16. The van der Waals surface area contributed by atoms with E-state index in [4.69, 9.17) is 5.73 Å². The molecule has 1 atom stereocenters. The number of aryl methyl sites for hydroxylation is 2. The molecular weight excluding hydrogens is 244 g/mol. The van der Waals surface area contributed by atoms with Crippen LogP contribution in [0.25, 0.3) is 0 Å². The van der Waals surface area contributed by atoms with Gasteiger partial charge in [0, 0.05) is 9.75 Å². The van der Waals surface area contributed by atoms with Gasteiger partial charge in [0.2, 0.25) is 5.91 Å². The molecule has 1 aromatic heterocycles. The molecule has 0 bridgehead atoms. The van der Waals surface area contributed by atoms with Crippen LogP contribution in [0.3, 0.4) is 0 Å². The summed E-state index contributed by atoms with van der Waals surface area (Å²) in [6.07, 6.45) is 6.58. The largest absolute Gasteiger partial charge is 0.350 e. The maximum Gasteiger partial charge on any atom is 0.237 e. The molecule has 100 valence electrons. The van der Waals surface area contributed by atoms with Crippen molar-refractivity contribution in [2.45, 2.75) is 58.0 Å². The highest BCUT2D eigenvalue weighted by molar-refractivity contribution is 7.12. The van der Waals surface area contributed by atoms with E-state index in [9.17, 15) is 4.79 Å². The Morgan fingerprint density at radius 1 is 1.56 bits per heavy atom. The molecule has 3 nitrogen and oxygen atoms in total. The van der Waals surface area contributed by atoms with Crippen LogP contribution in [0.15, 0.2) is 6.07 Å². The first-order chi connectivity index (χ1) is 8.70. The molecule has 0 aromatic carbocycles. The topological polar surface area (TPSA) is 55.1 Å². The van der Waals surface area contributed by atoms with Gasteiger partial charge in [0.15, 0.2) is 0 Å². The lowest BCUT2D eigenvalue weighted by atomic mass is 10.1. The van der Waals surface area contributed by atoms with Crippen molar-refractivity contribution in [2.24, 2.45) is 5.73 Å². The molecule has 1 aromatic rings. The predicted molar refractivity (Wildman–Crippen MR) is 75.7 cm³/mol. The minimum absolute atomic E-state index is 0.0167. The molecule has 18 heavy (non-hydrogen) atoms. The fourth-order valence-electron chi connectivity index (χ4n) is 2.34. The molecule has 1 heterocycles. The third-order valence-electron chi connectivity index (χ3n) is 3.44. The monoisotopic (exact) mass is 266 g/mol. The fraction of sp³-hybridized carbons (Fsp3) is 0.643. The lowest BCUT2D eigenvalue weighted by molar-refractivity contribution is -0.122. The first-order valence-corrected chi connectivity index (χ1v) is 7.66. The number of fused-ring (bicyclic) bond motifs is 1. The number of rotatable bonds is 6. The zero-order valence-electron chi connectivity index (χ0n) is 11.0. The van der Waals surface area contributed by atoms with Crippen molar-refractivity contribution in [3.05, 3.63) is 21.4 Å². The minimum atomic E-state index is -0.350. The Morgan fingerprint density at radius 2 is 2.39 bits per heavy atom. The highest BCUT2D eigenvalue weighted by Crippen LogP contribution is 2.30. The van der Waals surface area contributed by atoms with E-state index in [2.05, 4.69) is 18.3 Å². The second kappa shape index (κ2) is 6.34. The van der Waals surface area contributed by atoms with E-state index in [-0.39, 0.29) is 11.9 Å². The minimum Gasteiger partial charge on any atom is -0.350 e. The molecule has 0 aliphatic heterocycles. The molecule has 3 N–H and O–H groups in total. The van der Waals surface area contributed by atoms with Crippen LogP contribution in [0.4, 0.5) is 0 Å². The van der Waals surface area contributed by atoms with Gasteiger partial charge in [0.25, 0.3) is 0 Å².